The smallest absolute Gasteiger partial charge is 0.375 e. The van der Waals surface area contributed by atoms with E-state index in [1.54, 1.807) is 19.1 Å². The van der Waals surface area contributed by atoms with Gasteiger partial charge in [0.1, 0.15) is 5.58 Å². The number of carbonyl (C=O) groups is 3. The van der Waals surface area contributed by atoms with Crippen molar-refractivity contribution in [3.05, 3.63) is 59.7 Å². The molecule has 0 aliphatic heterocycles. The van der Waals surface area contributed by atoms with E-state index in [1.807, 2.05) is 12.1 Å². The normalized spacial score (nSPS) is 10.4. The molecule has 3 aromatic rings. The highest BCUT2D eigenvalue weighted by molar-refractivity contribution is 5.97. The highest BCUT2D eigenvalue weighted by Gasteiger charge is 2.20. The minimum Gasteiger partial charge on any atom is -0.459 e. The molecule has 0 fully saturated rings. The highest BCUT2D eigenvalue weighted by atomic mass is 16.5. The molecular formula is C17H14N2O6. The number of furan rings is 2. The molecule has 0 unspecified atom stereocenters. The van der Waals surface area contributed by atoms with Crippen LogP contribution in [0.3, 0.4) is 0 Å². The quantitative estimate of drug-likeness (QED) is 0.554. The SMILES string of the molecule is Cc1c(C(=O)OCC(=O)NNC(=O)c2ccco2)oc2ccccc12. The standard InChI is InChI=1S/C17H14N2O6/c1-10-11-5-2-3-6-12(11)25-15(10)17(22)24-9-14(20)18-19-16(21)13-7-4-8-23-13/h2-8H,9H2,1H3,(H,18,20)(H,19,21). The van der Waals surface area contributed by atoms with E-state index in [-0.39, 0.29) is 11.5 Å². The zero-order chi connectivity index (χ0) is 17.8. The monoisotopic (exact) mass is 342 g/mol. The number of benzene rings is 1. The topological polar surface area (TPSA) is 111 Å². The second-order valence-electron chi connectivity index (χ2n) is 5.11. The summed E-state index contributed by atoms with van der Waals surface area (Å²) in [5.74, 6) is -2.02. The van der Waals surface area contributed by atoms with E-state index in [0.717, 1.165) is 5.39 Å². The molecular weight excluding hydrogens is 328 g/mol. The Kier molecular flexibility index (Phi) is 4.51. The number of esters is 1. The summed E-state index contributed by atoms with van der Waals surface area (Å²) in [5.41, 5.74) is 5.44. The maximum absolute atomic E-state index is 12.1. The molecule has 0 bridgehead atoms. The van der Waals surface area contributed by atoms with E-state index in [2.05, 4.69) is 10.9 Å². The molecule has 1 aromatic carbocycles. The lowest BCUT2D eigenvalue weighted by Crippen LogP contribution is -2.43. The van der Waals surface area contributed by atoms with Gasteiger partial charge in [0.15, 0.2) is 12.4 Å². The van der Waals surface area contributed by atoms with E-state index in [9.17, 15) is 14.4 Å². The van der Waals surface area contributed by atoms with Crippen molar-refractivity contribution in [2.24, 2.45) is 0 Å². The van der Waals surface area contributed by atoms with Crippen LogP contribution in [0.5, 0.6) is 0 Å². The average Bonchev–Trinajstić information content (AvgIpc) is 3.26. The predicted molar refractivity (Wildman–Crippen MR) is 85.6 cm³/mol. The lowest BCUT2D eigenvalue weighted by molar-refractivity contribution is -0.125. The van der Waals surface area contributed by atoms with Crippen molar-refractivity contribution >= 4 is 28.8 Å². The Morgan fingerprint density at radius 2 is 1.88 bits per heavy atom. The summed E-state index contributed by atoms with van der Waals surface area (Å²) in [6, 6.07) is 10.1. The van der Waals surface area contributed by atoms with Crippen LogP contribution in [-0.2, 0) is 9.53 Å². The number of para-hydroxylation sites is 1. The number of rotatable bonds is 4. The van der Waals surface area contributed by atoms with Gasteiger partial charge in [0, 0.05) is 10.9 Å². The number of aryl methyl sites for hydroxylation is 1. The van der Waals surface area contributed by atoms with Crippen LogP contribution < -0.4 is 10.9 Å². The van der Waals surface area contributed by atoms with Gasteiger partial charge in [-0.3, -0.25) is 20.4 Å². The third kappa shape index (κ3) is 3.52. The van der Waals surface area contributed by atoms with E-state index < -0.39 is 24.4 Å². The fraction of sp³-hybridized carbons (Fsp3) is 0.118. The summed E-state index contributed by atoms with van der Waals surface area (Å²) in [7, 11) is 0. The minimum absolute atomic E-state index is 0.0358. The van der Waals surface area contributed by atoms with Gasteiger partial charge in [-0.1, -0.05) is 18.2 Å². The number of nitrogens with one attached hydrogen (secondary N) is 2. The second-order valence-corrected chi connectivity index (χ2v) is 5.11. The number of carbonyl (C=O) groups excluding carboxylic acids is 3. The first-order chi connectivity index (χ1) is 12.1. The number of hydrogen-bond donors (Lipinski definition) is 2. The highest BCUT2D eigenvalue weighted by Crippen LogP contribution is 2.25. The van der Waals surface area contributed by atoms with Crippen LogP contribution >= 0.6 is 0 Å². The molecule has 2 heterocycles. The van der Waals surface area contributed by atoms with Gasteiger partial charge in [-0.2, -0.15) is 0 Å². The van der Waals surface area contributed by atoms with Gasteiger partial charge in [0.05, 0.1) is 6.26 Å². The fourth-order valence-electron chi connectivity index (χ4n) is 2.20. The maximum Gasteiger partial charge on any atom is 0.375 e. The van der Waals surface area contributed by atoms with Crippen molar-refractivity contribution in [1.82, 2.24) is 10.9 Å². The Morgan fingerprint density at radius 3 is 2.60 bits per heavy atom. The van der Waals surface area contributed by atoms with Crippen molar-refractivity contribution in [2.75, 3.05) is 6.61 Å². The van der Waals surface area contributed by atoms with Crippen LogP contribution in [0.4, 0.5) is 0 Å². The van der Waals surface area contributed by atoms with Crippen LogP contribution in [0.1, 0.15) is 26.7 Å². The first kappa shape index (κ1) is 16.3. The van der Waals surface area contributed by atoms with Gasteiger partial charge in [-0.15, -0.1) is 0 Å². The van der Waals surface area contributed by atoms with Crippen LogP contribution in [0.25, 0.3) is 11.0 Å². The third-order valence-electron chi connectivity index (χ3n) is 3.42. The molecule has 25 heavy (non-hydrogen) atoms. The lowest BCUT2D eigenvalue weighted by Gasteiger charge is -2.06. The molecule has 3 rings (SSSR count). The molecule has 8 nitrogen and oxygen atoms in total. The number of hydrazine groups is 1. The Balaban J connectivity index is 1.53. The van der Waals surface area contributed by atoms with Crippen LogP contribution in [0.15, 0.2) is 51.5 Å². The van der Waals surface area contributed by atoms with Gasteiger partial charge in [0.25, 0.3) is 5.91 Å². The number of fused-ring (bicyclic) bond motifs is 1. The fourth-order valence-corrected chi connectivity index (χ4v) is 2.20. The second kappa shape index (κ2) is 6.91. The van der Waals surface area contributed by atoms with Gasteiger partial charge >= 0.3 is 11.9 Å². The Bertz CT molecular complexity index is 926. The van der Waals surface area contributed by atoms with Crippen molar-refractivity contribution in [3.8, 4) is 0 Å². The van der Waals surface area contributed by atoms with Crippen molar-refractivity contribution < 1.29 is 28.0 Å². The summed E-state index contributed by atoms with van der Waals surface area (Å²) in [5, 5.41) is 0.796. The molecule has 8 heteroatoms. The summed E-state index contributed by atoms with van der Waals surface area (Å²) >= 11 is 0. The average molecular weight is 342 g/mol. The van der Waals surface area contributed by atoms with Crippen molar-refractivity contribution in [2.45, 2.75) is 6.92 Å². The molecule has 2 amide bonds. The first-order valence-electron chi connectivity index (χ1n) is 7.34. The molecule has 0 saturated carbocycles. The van der Waals surface area contributed by atoms with E-state index in [4.69, 9.17) is 13.6 Å². The Labute approximate surface area is 141 Å². The van der Waals surface area contributed by atoms with Crippen molar-refractivity contribution in [1.29, 1.82) is 0 Å². The zero-order valence-corrected chi connectivity index (χ0v) is 13.2. The molecule has 0 aliphatic rings. The largest absolute Gasteiger partial charge is 0.459 e. The van der Waals surface area contributed by atoms with Crippen LogP contribution in [-0.4, -0.2) is 24.4 Å². The van der Waals surface area contributed by atoms with E-state index >= 15 is 0 Å². The molecule has 0 saturated heterocycles. The molecule has 2 N–H and O–H groups in total. The molecule has 2 aromatic heterocycles. The molecule has 0 spiro atoms. The Hall–Kier alpha value is -3.55. The summed E-state index contributed by atoms with van der Waals surface area (Å²) < 4.78 is 15.2. The third-order valence-corrected chi connectivity index (χ3v) is 3.42. The van der Waals surface area contributed by atoms with Gasteiger partial charge in [-0.25, -0.2) is 4.79 Å². The maximum atomic E-state index is 12.1. The van der Waals surface area contributed by atoms with Crippen LogP contribution in [0, 0.1) is 6.92 Å². The number of hydrogen-bond acceptors (Lipinski definition) is 6. The van der Waals surface area contributed by atoms with E-state index in [1.165, 1.54) is 18.4 Å². The summed E-state index contributed by atoms with van der Waals surface area (Å²) in [6.45, 7) is 1.15. The van der Waals surface area contributed by atoms with Crippen LogP contribution in [0.2, 0.25) is 0 Å². The molecule has 0 atom stereocenters. The zero-order valence-electron chi connectivity index (χ0n) is 13.2. The van der Waals surface area contributed by atoms with Crippen molar-refractivity contribution in [3.63, 3.8) is 0 Å². The molecule has 128 valence electrons. The molecule has 0 radical (unpaired) electrons. The van der Waals surface area contributed by atoms with Gasteiger partial charge < -0.3 is 13.6 Å². The van der Waals surface area contributed by atoms with Gasteiger partial charge in [-0.05, 0) is 25.1 Å². The first-order valence-corrected chi connectivity index (χ1v) is 7.34. The van der Waals surface area contributed by atoms with E-state index in [0.29, 0.717) is 11.1 Å². The minimum atomic E-state index is -0.763. The summed E-state index contributed by atoms with van der Waals surface area (Å²) in [6.07, 6.45) is 1.33. The number of amides is 2. The Morgan fingerprint density at radius 1 is 1.08 bits per heavy atom. The lowest BCUT2D eigenvalue weighted by atomic mass is 10.1. The summed E-state index contributed by atoms with van der Waals surface area (Å²) in [4.78, 5) is 35.3. The number of ether oxygens (including phenoxy) is 1. The molecule has 0 aliphatic carbocycles. The van der Waals surface area contributed by atoms with Gasteiger partial charge in [0.2, 0.25) is 5.76 Å². The predicted octanol–water partition coefficient (Wildman–Crippen LogP) is 1.95.